The number of hydrogen-bond donors (Lipinski definition) is 1. The lowest BCUT2D eigenvalue weighted by molar-refractivity contribution is -0.145. The zero-order valence-corrected chi connectivity index (χ0v) is 23.5. The molecule has 0 aromatic heterocycles. The smallest absolute Gasteiger partial charge is 0.320 e. The molecule has 10 nitrogen and oxygen atoms in total. The minimum Gasteiger partial charge on any atom is -0.497 e. The quantitative estimate of drug-likeness (QED) is 0.419. The molecule has 3 aromatic carbocycles. The van der Waals surface area contributed by atoms with Gasteiger partial charge in [0.2, 0.25) is 0 Å². The molecule has 0 radical (unpaired) electrons. The van der Waals surface area contributed by atoms with Crippen LogP contribution in [0, 0.1) is 0 Å². The maximum absolute atomic E-state index is 14.9. The zero-order valence-electron chi connectivity index (χ0n) is 22.0. The molecule has 2 aliphatic heterocycles. The lowest BCUT2D eigenvalue weighted by Crippen LogP contribution is -2.58. The van der Waals surface area contributed by atoms with Gasteiger partial charge >= 0.3 is 5.97 Å². The van der Waals surface area contributed by atoms with Gasteiger partial charge in [0.1, 0.15) is 28.2 Å². The molecular formula is C28H27ClN2O8S. The van der Waals surface area contributed by atoms with Crippen molar-refractivity contribution in [2.24, 2.45) is 0 Å². The second-order valence-electron chi connectivity index (χ2n) is 9.35. The SMILES string of the molecule is COc1ccc(S(=O)(=O)N2C(=O)C(c3ccccc3OC)(N3CCC[C@H]3C(=O)O)c3cc(Cl)ccc32)c(OC)c1. The summed E-state index contributed by atoms with van der Waals surface area (Å²) in [6, 6.07) is 14.2. The molecule has 1 unspecified atom stereocenters. The van der Waals surface area contributed by atoms with Gasteiger partial charge in [-0.2, -0.15) is 0 Å². The number of amides is 1. The Morgan fingerprint density at radius 1 is 0.975 bits per heavy atom. The molecule has 5 rings (SSSR count). The van der Waals surface area contributed by atoms with Crippen molar-refractivity contribution in [1.82, 2.24) is 4.90 Å². The van der Waals surface area contributed by atoms with Crippen LogP contribution in [0.15, 0.2) is 65.6 Å². The second-order valence-corrected chi connectivity index (χ2v) is 11.5. The summed E-state index contributed by atoms with van der Waals surface area (Å²) in [6.07, 6.45) is 0.755. The van der Waals surface area contributed by atoms with Crippen molar-refractivity contribution in [1.29, 1.82) is 0 Å². The molecule has 0 aliphatic carbocycles. The van der Waals surface area contributed by atoms with E-state index in [1.54, 1.807) is 29.2 Å². The van der Waals surface area contributed by atoms with Crippen LogP contribution in [0.2, 0.25) is 5.02 Å². The number of ether oxygens (including phenoxy) is 3. The van der Waals surface area contributed by atoms with Crippen LogP contribution in [-0.4, -0.2) is 64.2 Å². The summed E-state index contributed by atoms with van der Waals surface area (Å²) in [5, 5.41) is 10.4. The van der Waals surface area contributed by atoms with Gasteiger partial charge in [-0.3, -0.25) is 14.5 Å². The molecule has 1 amide bonds. The minimum atomic E-state index is -4.60. The first-order chi connectivity index (χ1) is 19.1. The Morgan fingerprint density at radius 3 is 2.38 bits per heavy atom. The fraction of sp³-hybridized carbons (Fsp3) is 0.286. The summed E-state index contributed by atoms with van der Waals surface area (Å²) in [5.41, 5.74) is -1.29. The van der Waals surface area contributed by atoms with E-state index in [4.69, 9.17) is 25.8 Å². The zero-order chi connectivity index (χ0) is 28.8. The van der Waals surface area contributed by atoms with Crippen molar-refractivity contribution < 1.29 is 37.3 Å². The number of methoxy groups -OCH3 is 3. The van der Waals surface area contributed by atoms with E-state index >= 15 is 0 Å². The van der Waals surface area contributed by atoms with Gasteiger partial charge in [0.05, 0.1) is 27.0 Å². The van der Waals surface area contributed by atoms with Crippen LogP contribution in [0.5, 0.6) is 17.2 Å². The third-order valence-corrected chi connectivity index (χ3v) is 9.39. The molecule has 3 aromatic rings. The number of carbonyl (C=O) groups excluding carboxylic acids is 1. The third kappa shape index (κ3) is 3.99. The molecule has 1 saturated heterocycles. The number of hydrogen-bond acceptors (Lipinski definition) is 8. The Bertz CT molecular complexity index is 1610. The first kappa shape index (κ1) is 27.8. The van der Waals surface area contributed by atoms with Gasteiger partial charge in [0.15, 0.2) is 5.54 Å². The summed E-state index contributed by atoms with van der Waals surface area (Å²) < 4.78 is 45.7. The van der Waals surface area contributed by atoms with Gasteiger partial charge in [-0.05, 0) is 49.2 Å². The van der Waals surface area contributed by atoms with Crippen molar-refractivity contribution in [3.63, 3.8) is 0 Å². The first-order valence-electron chi connectivity index (χ1n) is 12.4. The lowest BCUT2D eigenvalue weighted by atomic mass is 9.81. The largest absolute Gasteiger partial charge is 0.497 e. The summed E-state index contributed by atoms with van der Waals surface area (Å²) in [5.74, 6) is -1.37. The van der Waals surface area contributed by atoms with Crippen LogP contribution in [0.25, 0.3) is 0 Å². The summed E-state index contributed by atoms with van der Waals surface area (Å²) in [4.78, 5) is 28.6. The first-order valence-corrected chi connectivity index (χ1v) is 14.2. The van der Waals surface area contributed by atoms with Gasteiger partial charge in [-0.25, -0.2) is 12.7 Å². The molecule has 210 valence electrons. The number of benzene rings is 3. The highest BCUT2D eigenvalue weighted by Crippen LogP contribution is 2.55. The molecular weight excluding hydrogens is 560 g/mol. The number of para-hydroxylation sites is 1. The molecule has 1 N–H and O–H groups in total. The molecule has 2 atom stereocenters. The van der Waals surface area contributed by atoms with Crippen LogP contribution >= 0.6 is 11.6 Å². The van der Waals surface area contributed by atoms with Crippen molar-refractivity contribution in [2.45, 2.75) is 29.3 Å². The number of halogens is 1. The summed E-state index contributed by atoms with van der Waals surface area (Å²) >= 11 is 6.45. The average Bonchev–Trinajstić information content (AvgIpc) is 3.54. The molecule has 0 spiro atoms. The fourth-order valence-electron chi connectivity index (χ4n) is 5.73. The van der Waals surface area contributed by atoms with Crippen LogP contribution in [0.1, 0.15) is 24.0 Å². The standard InChI is InChI=1S/C28H27ClN2O8S/c1-37-18-11-13-25(24(16-18)39-3)40(35,36)31-21-12-10-17(29)15-20(21)28(27(31)34,19-7-4-5-9-23(19)38-2)30-14-6-8-22(30)26(32)33/h4-5,7,9-13,15-16,22H,6,8,14H2,1-3H3,(H,32,33)/t22-,28?/m0/s1. The molecule has 2 heterocycles. The van der Waals surface area contributed by atoms with Gasteiger partial charge in [-0.15, -0.1) is 0 Å². The van der Waals surface area contributed by atoms with E-state index in [0.717, 1.165) is 0 Å². The van der Waals surface area contributed by atoms with E-state index in [-0.39, 0.29) is 39.9 Å². The van der Waals surface area contributed by atoms with Crippen molar-refractivity contribution in [3.8, 4) is 17.2 Å². The highest BCUT2D eigenvalue weighted by molar-refractivity contribution is 7.93. The van der Waals surface area contributed by atoms with Crippen molar-refractivity contribution >= 4 is 39.2 Å². The van der Waals surface area contributed by atoms with Gasteiger partial charge < -0.3 is 19.3 Å². The number of aliphatic carboxylic acids is 1. The minimum absolute atomic E-state index is 0.0259. The Morgan fingerprint density at radius 2 is 1.70 bits per heavy atom. The Labute approximate surface area is 236 Å². The highest BCUT2D eigenvalue weighted by Gasteiger charge is 2.63. The second kappa shape index (κ2) is 10.3. The Kier molecular flexibility index (Phi) is 7.15. The van der Waals surface area contributed by atoms with E-state index in [1.165, 1.54) is 57.7 Å². The van der Waals surface area contributed by atoms with Crippen molar-refractivity contribution in [2.75, 3.05) is 32.2 Å². The third-order valence-electron chi connectivity index (χ3n) is 7.42. The molecule has 2 aliphatic rings. The number of rotatable bonds is 8. The fourth-order valence-corrected chi connectivity index (χ4v) is 7.51. The van der Waals surface area contributed by atoms with Crippen LogP contribution < -0.4 is 18.5 Å². The Balaban J connectivity index is 1.85. The number of carboxylic acids is 1. The van der Waals surface area contributed by atoms with Crippen LogP contribution in [0.3, 0.4) is 0 Å². The van der Waals surface area contributed by atoms with E-state index in [1.807, 2.05) is 0 Å². The van der Waals surface area contributed by atoms with Crippen LogP contribution in [0.4, 0.5) is 5.69 Å². The number of carbonyl (C=O) groups is 2. The molecule has 1 fully saturated rings. The predicted octanol–water partition coefficient (Wildman–Crippen LogP) is 3.89. The number of carboxylic acid groups (broad SMARTS) is 1. The van der Waals surface area contributed by atoms with Crippen molar-refractivity contribution in [3.05, 3.63) is 76.8 Å². The summed E-state index contributed by atoms with van der Waals surface area (Å²) in [6.45, 7) is 0.215. The monoisotopic (exact) mass is 586 g/mol. The van der Waals surface area contributed by atoms with E-state index in [0.29, 0.717) is 27.8 Å². The number of sulfonamides is 1. The van der Waals surface area contributed by atoms with Crippen LogP contribution in [-0.2, 0) is 25.2 Å². The van der Waals surface area contributed by atoms with Gasteiger partial charge in [-0.1, -0.05) is 29.8 Å². The molecule has 40 heavy (non-hydrogen) atoms. The summed E-state index contributed by atoms with van der Waals surface area (Å²) in [7, 11) is -0.424. The normalized spacial score (nSPS) is 20.9. The van der Waals surface area contributed by atoms with E-state index < -0.39 is 33.5 Å². The predicted molar refractivity (Wildman–Crippen MR) is 147 cm³/mol. The number of likely N-dealkylation sites (tertiary alicyclic amines) is 1. The topological polar surface area (TPSA) is 123 Å². The van der Waals surface area contributed by atoms with Gasteiger partial charge in [0, 0.05) is 28.8 Å². The molecule has 0 bridgehead atoms. The number of nitrogens with zero attached hydrogens (tertiary/aromatic N) is 2. The highest BCUT2D eigenvalue weighted by atomic mass is 35.5. The lowest BCUT2D eigenvalue weighted by Gasteiger charge is -2.41. The van der Waals surface area contributed by atoms with E-state index in [2.05, 4.69) is 0 Å². The van der Waals surface area contributed by atoms with E-state index in [9.17, 15) is 23.1 Å². The number of fused-ring (bicyclic) bond motifs is 1. The number of anilines is 1. The average molecular weight is 587 g/mol. The van der Waals surface area contributed by atoms with Gasteiger partial charge in [0.25, 0.3) is 15.9 Å². The Hall–Kier alpha value is -3.80. The molecule has 0 saturated carbocycles. The molecule has 12 heteroatoms. The maximum atomic E-state index is 14.9. The maximum Gasteiger partial charge on any atom is 0.320 e.